The van der Waals surface area contributed by atoms with Crippen molar-refractivity contribution in [3.05, 3.63) is 78.6 Å². The lowest BCUT2D eigenvalue weighted by Gasteiger charge is -2.32. The smallest absolute Gasteiger partial charge is 0.228 e. The third-order valence-electron chi connectivity index (χ3n) is 5.91. The predicted octanol–water partition coefficient (Wildman–Crippen LogP) is 4.48. The molecule has 5 rings (SSSR count). The fourth-order valence-electron chi connectivity index (χ4n) is 4.32. The van der Waals surface area contributed by atoms with Crippen molar-refractivity contribution in [2.24, 2.45) is 5.92 Å². The van der Waals surface area contributed by atoms with Gasteiger partial charge in [-0.3, -0.25) is 19.8 Å². The number of aromatic nitrogens is 3. The van der Waals surface area contributed by atoms with Gasteiger partial charge in [0, 0.05) is 42.1 Å². The second kappa shape index (κ2) is 8.70. The van der Waals surface area contributed by atoms with E-state index in [0.717, 1.165) is 60.3 Å². The molecule has 2 aromatic carbocycles. The number of fused-ring (bicyclic) bond motifs is 1. The van der Waals surface area contributed by atoms with Crippen LogP contribution < -0.4 is 5.32 Å². The van der Waals surface area contributed by atoms with Gasteiger partial charge in [0.05, 0.1) is 11.4 Å². The van der Waals surface area contributed by atoms with Crippen LogP contribution in [0.2, 0.25) is 0 Å². The van der Waals surface area contributed by atoms with Gasteiger partial charge >= 0.3 is 0 Å². The number of pyridine rings is 1. The lowest BCUT2D eigenvalue weighted by Crippen LogP contribution is -2.40. The van der Waals surface area contributed by atoms with Gasteiger partial charge in [-0.25, -0.2) is 0 Å². The Bertz CT molecular complexity index is 1170. The number of amides is 1. The van der Waals surface area contributed by atoms with E-state index in [-0.39, 0.29) is 11.8 Å². The highest BCUT2D eigenvalue weighted by atomic mass is 16.1. The molecule has 1 amide bonds. The van der Waals surface area contributed by atoms with Gasteiger partial charge in [-0.1, -0.05) is 30.3 Å². The van der Waals surface area contributed by atoms with Crippen LogP contribution in [0.25, 0.3) is 22.2 Å². The number of likely N-dealkylation sites (tertiary alicyclic amines) is 1. The molecule has 1 aliphatic rings. The molecule has 0 unspecified atom stereocenters. The second-order valence-electron chi connectivity index (χ2n) is 8.12. The summed E-state index contributed by atoms with van der Waals surface area (Å²) in [6, 6.07) is 20.2. The zero-order valence-electron chi connectivity index (χ0n) is 17.3. The van der Waals surface area contributed by atoms with Crippen molar-refractivity contribution < 1.29 is 4.79 Å². The van der Waals surface area contributed by atoms with Crippen molar-refractivity contribution in [1.29, 1.82) is 0 Å². The SMILES string of the molecule is O=C(Nc1ccc2[nH]nc(-c3ccncc3)c2c1)[C@@H]1CCCN(Cc2ccccc2)C1. The van der Waals surface area contributed by atoms with Gasteiger partial charge in [0.15, 0.2) is 0 Å². The maximum Gasteiger partial charge on any atom is 0.228 e. The molecule has 6 nitrogen and oxygen atoms in total. The molecule has 0 radical (unpaired) electrons. The maximum atomic E-state index is 13.0. The summed E-state index contributed by atoms with van der Waals surface area (Å²) in [5.74, 6) is 0.0863. The fourth-order valence-corrected chi connectivity index (χ4v) is 4.32. The molecule has 6 heteroatoms. The highest BCUT2D eigenvalue weighted by molar-refractivity contribution is 5.99. The molecule has 1 fully saturated rings. The number of nitrogens with one attached hydrogen (secondary N) is 2. The number of carbonyl (C=O) groups excluding carboxylic acids is 1. The average Bonchev–Trinajstić information content (AvgIpc) is 3.24. The lowest BCUT2D eigenvalue weighted by atomic mass is 9.96. The molecule has 0 saturated carbocycles. The van der Waals surface area contributed by atoms with E-state index in [1.165, 1.54) is 5.56 Å². The largest absolute Gasteiger partial charge is 0.326 e. The van der Waals surface area contributed by atoms with Crippen LogP contribution in [0.4, 0.5) is 5.69 Å². The summed E-state index contributed by atoms with van der Waals surface area (Å²) < 4.78 is 0. The number of piperidine rings is 1. The Kier molecular flexibility index (Phi) is 5.46. The highest BCUT2D eigenvalue weighted by Crippen LogP contribution is 2.28. The third-order valence-corrected chi connectivity index (χ3v) is 5.91. The topological polar surface area (TPSA) is 73.9 Å². The lowest BCUT2D eigenvalue weighted by molar-refractivity contribution is -0.121. The van der Waals surface area contributed by atoms with E-state index in [4.69, 9.17) is 0 Å². The number of hydrogen-bond acceptors (Lipinski definition) is 4. The summed E-state index contributed by atoms with van der Waals surface area (Å²) in [6.07, 6.45) is 5.47. The monoisotopic (exact) mass is 411 g/mol. The molecule has 1 saturated heterocycles. The van der Waals surface area contributed by atoms with Crippen LogP contribution in [0.3, 0.4) is 0 Å². The normalized spacial score (nSPS) is 17.0. The molecule has 2 N–H and O–H groups in total. The van der Waals surface area contributed by atoms with Crippen molar-refractivity contribution in [3.63, 3.8) is 0 Å². The number of aromatic amines is 1. The van der Waals surface area contributed by atoms with Crippen molar-refractivity contribution in [2.45, 2.75) is 19.4 Å². The van der Waals surface area contributed by atoms with E-state index in [2.05, 4.69) is 49.7 Å². The van der Waals surface area contributed by atoms with E-state index in [0.29, 0.717) is 0 Å². The summed E-state index contributed by atoms with van der Waals surface area (Å²) in [6.45, 7) is 2.72. The van der Waals surface area contributed by atoms with Crippen molar-refractivity contribution in [2.75, 3.05) is 18.4 Å². The molecule has 0 spiro atoms. The maximum absolute atomic E-state index is 13.0. The van der Waals surface area contributed by atoms with Crippen LogP contribution >= 0.6 is 0 Å². The molecule has 1 aliphatic heterocycles. The van der Waals surface area contributed by atoms with Crippen LogP contribution in [0, 0.1) is 5.92 Å². The summed E-state index contributed by atoms with van der Waals surface area (Å²) in [7, 11) is 0. The average molecular weight is 412 g/mol. The standard InChI is InChI=1S/C25H25N5O/c31-25(20-7-4-14-30(17-20)16-18-5-2-1-3-6-18)27-21-8-9-23-22(15-21)24(29-28-23)19-10-12-26-13-11-19/h1-3,5-6,8-13,15,20H,4,7,14,16-17H2,(H,27,31)(H,28,29)/t20-/m1/s1. The number of hydrogen-bond donors (Lipinski definition) is 2. The van der Waals surface area contributed by atoms with Crippen LogP contribution in [-0.2, 0) is 11.3 Å². The molecule has 0 aliphatic carbocycles. The first-order chi connectivity index (χ1) is 15.3. The third kappa shape index (κ3) is 4.34. The molecule has 31 heavy (non-hydrogen) atoms. The number of anilines is 1. The Hall–Kier alpha value is -3.51. The molecular formula is C25H25N5O. The first kappa shape index (κ1) is 19.5. The first-order valence-electron chi connectivity index (χ1n) is 10.7. The van der Waals surface area contributed by atoms with Crippen LogP contribution in [0.1, 0.15) is 18.4 Å². The molecular weight excluding hydrogens is 386 g/mol. The number of benzene rings is 2. The number of carbonyl (C=O) groups is 1. The predicted molar refractivity (Wildman–Crippen MR) is 122 cm³/mol. The minimum Gasteiger partial charge on any atom is -0.326 e. The summed E-state index contributed by atoms with van der Waals surface area (Å²) in [5.41, 5.74) is 4.89. The molecule has 1 atom stereocenters. The molecule has 2 aromatic heterocycles. The number of H-pyrrole nitrogens is 1. The Morgan fingerprint density at radius 2 is 1.94 bits per heavy atom. The molecule has 3 heterocycles. The van der Waals surface area contributed by atoms with Crippen molar-refractivity contribution in [1.82, 2.24) is 20.1 Å². The number of rotatable bonds is 5. The van der Waals surface area contributed by atoms with Gasteiger partial charge in [-0.2, -0.15) is 5.10 Å². The minimum absolute atomic E-state index is 0.00261. The molecule has 4 aromatic rings. The Morgan fingerprint density at radius 3 is 2.77 bits per heavy atom. The summed E-state index contributed by atoms with van der Waals surface area (Å²) in [4.78, 5) is 19.5. The van der Waals surface area contributed by atoms with E-state index >= 15 is 0 Å². The van der Waals surface area contributed by atoms with E-state index in [9.17, 15) is 4.79 Å². The molecule has 0 bridgehead atoms. The quantitative estimate of drug-likeness (QED) is 0.508. The summed E-state index contributed by atoms with van der Waals surface area (Å²) >= 11 is 0. The number of nitrogens with zero attached hydrogens (tertiary/aromatic N) is 3. The Labute approximate surface area is 181 Å². The zero-order chi connectivity index (χ0) is 21.0. The van der Waals surface area contributed by atoms with Crippen molar-refractivity contribution >= 4 is 22.5 Å². The Morgan fingerprint density at radius 1 is 1.10 bits per heavy atom. The summed E-state index contributed by atoms with van der Waals surface area (Å²) in [5, 5.41) is 11.6. The van der Waals surface area contributed by atoms with Gasteiger partial charge in [-0.05, 0) is 55.3 Å². The van der Waals surface area contributed by atoms with Gasteiger partial charge in [0.2, 0.25) is 5.91 Å². The Balaban J connectivity index is 1.29. The van der Waals surface area contributed by atoms with Gasteiger partial charge in [0.1, 0.15) is 5.69 Å². The van der Waals surface area contributed by atoms with Crippen LogP contribution in [-0.4, -0.2) is 39.1 Å². The highest BCUT2D eigenvalue weighted by Gasteiger charge is 2.26. The van der Waals surface area contributed by atoms with Gasteiger partial charge in [-0.15, -0.1) is 0 Å². The zero-order valence-corrected chi connectivity index (χ0v) is 17.3. The van der Waals surface area contributed by atoms with Crippen LogP contribution in [0.5, 0.6) is 0 Å². The fraction of sp³-hybridized carbons (Fsp3) is 0.240. The van der Waals surface area contributed by atoms with Crippen molar-refractivity contribution in [3.8, 4) is 11.3 Å². The van der Waals surface area contributed by atoms with E-state index in [1.807, 2.05) is 36.4 Å². The molecule has 156 valence electrons. The first-order valence-corrected chi connectivity index (χ1v) is 10.7. The van der Waals surface area contributed by atoms with Crippen LogP contribution in [0.15, 0.2) is 73.1 Å². The minimum atomic E-state index is -0.00261. The van der Waals surface area contributed by atoms with Gasteiger partial charge < -0.3 is 5.32 Å². The van der Waals surface area contributed by atoms with Gasteiger partial charge in [0.25, 0.3) is 0 Å². The van der Waals surface area contributed by atoms with E-state index in [1.54, 1.807) is 12.4 Å². The second-order valence-corrected chi connectivity index (χ2v) is 8.12. The van der Waals surface area contributed by atoms with E-state index < -0.39 is 0 Å².